The van der Waals surface area contributed by atoms with E-state index in [2.05, 4.69) is 11.1 Å². The first-order chi connectivity index (χ1) is 12.9. The number of aromatic nitrogens is 1. The van der Waals surface area contributed by atoms with Gasteiger partial charge in [-0.1, -0.05) is 0 Å². The number of pyridine rings is 1. The Balaban J connectivity index is 0.000000596. The van der Waals surface area contributed by atoms with Crippen molar-refractivity contribution >= 4 is 22.6 Å². The number of carboxylic acids is 1. The molecule has 0 radical (unpaired) electrons. The van der Waals surface area contributed by atoms with Gasteiger partial charge in [-0.25, -0.2) is 4.39 Å². The van der Waals surface area contributed by atoms with Gasteiger partial charge >= 0.3 is 0 Å². The molecule has 1 saturated heterocycles. The van der Waals surface area contributed by atoms with Crippen LogP contribution in [-0.2, 0) is 6.54 Å². The number of piperazine rings is 1. The fourth-order valence-corrected chi connectivity index (χ4v) is 2.95. The average Bonchev–Trinajstić information content (AvgIpc) is 2.69. The van der Waals surface area contributed by atoms with Crippen molar-refractivity contribution in [3.05, 3.63) is 39.9 Å². The molecule has 8 nitrogen and oxygen atoms in total. The highest BCUT2D eigenvalue weighted by molar-refractivity contribution is 5.92. The zero-order valence-corrected chi connectivity index (χ0v) is 15.3. The van der Waals surface area contributed by atoms with Crippen molar-refractivity contribution in [3.8, 4) is 0 Å². The number of nitrogens with zero attached hydrogens (tertiary/aromatic N) is 2. The highest BCUT2D eigenvalue weighted by atomic mass is 19.1. The number of carbonyl (C=O) groups is 1. The van der Waals surface area contributed by atoms with E-state index in [9.17, 15) is 19.1 Å². The van der Waals surface area contributed by atoms with Crippen LogP contribution in [0, 0.1) is 5.82 Å². The fourth-order valence-electron chi connectivity index (χ4n) is 2.95. The maximum atomic E-state index is 14.5. The number of aromatic carboxylic acids is 1. The molecule has 2 aromatic rings. The molecule has 27 heavy (non-hydrogen) atoms. The molecule has 1 aromatic heterocycles. The third-order valence-electron chi connectivity index (χ3n) is 4.33. The summed E-state index contributed by atoms with van der Waals surface area (Å²) in [7, 11) is 0. The second-order valence-corrected chi connectivity index (χ2v) is 6.08. The predicted octanol–water partition coefficient (Wildman–Crippen LogP) is -1.85. The lowest BCUT2D eigenvalue weighted by molar-refractivity contribution is -0.372. The maximum Gasteiger partial charge on any atom is 0.198 e. The van der Waals surface area contributed by atoms with Crippen LogP contribution in [0.4, 0.5) is 10.1 Å². The van der Waals surface area contributed by atoms with Gasteiger partial charge in [-0.05, 0) is 19.1 Å². The van der Waals surface area contributed by atoms with Crippen molar-refractivity contribution in [1.29, 1.82) is 0 Å². The number of hydrogen-bond acceptors (Lipinski definition) is 6. The molecular formula is C18H25FN4O4. The number of anilines is 1. The van der Waals surface area contributed by atoms with Crippen molar-refractivity contribution < 1.29 is 25.1 Å². The first-order valence-electron chi connectivity index (χ1n) is 8.88. The van der Waals surface area contributed by atoms with Gasteiger partial charge in [-0.3, -0.25) is 4.79 Å². The SMILES string of the molecule is CCn1cc(C(=O)[O-])c(=O)c2cc(F)c(N3CCNCC3)cc21.[NH3+]CCO. The summed E-state index contributed by atoms with van der Waals surface area (Å²) in [5.41, 5.74) is 3.15. The molecule has 148 valence electrons. The number of aliphatic hydroxyl groups is 1. The number of benzene rings is 1. The highest BCUT2D eigenvalue weighted by Gasteiger charge is 2.18. The van der Waals surface area contributed by atoms with Gasteiger partial charge < -0.3 is 35.5 Å². The van der Waals surface area contributed by atoms with Crippen LogP contribution in [0.3, 0.4) is 0 Å². The predicted molar refractivity (Wildman–Crippen MR) is 98.1 cm³/mol. The molecule has 1 aliphatic rings. The van der Waals surface area contributed by atoms with Crippen LogP contribution in [0.2, 0.25) is 0 Å². The third-order valence-corrected chi connectivity index (χ3v) is 4.33. The Kier molecular flexibility index (Phi) is 7.28. The molecule has 0 atom stereocenters. The van der Waals surface area contributed by atoms with Gasteiger partial charge in [0.1, 0.15) is 5.82 Å². The largest absolute Gasteiger partial charge is 0.545 e. The molecule has 1 aliphatic heterocycles. The van der Waals surface area contributed by atoms with E-state index < -0.39 is 22.8 Å². The van der Waals surface area contributed by atoms with Gasteiger partial charge in [0.25, 0.3) is 0 Å². The second kappa shape index (κ2) is 9.45. The van der Waals surface area contributed by atoms with Crippen molar-refractivity contribution in [3.63, 3.8) is 0 Å². The Bertz CT molecular complexity index is 861. The third kappa shape index (κ3) is 4.62. The summed E-state index contributed by atoms with van der Waals surface area (Å²) in [6.45, 7) is 6.01. The van der Waals surface area contributed by atoms with Gasteiger partial charge in [-0.15, -0.1) is 0 Å². The number of quaternary nitrogens is 1. The average molecular weight is 380 g/mol. The van der Waals surface area contributed by atoms with Crippen molar-refractivity contribution in [2.75, 3.05) is 44.2 Å². The number of fused-ring (bicyclic) bond motifs is 1. The van der Waals surface area contributed by atoms with Crippen LogP contribution in [0.15, 0.2) is 23.1 Å². The van der Waals surface area contributed by atoms with E-state index in [0.717, 1.165) is 19.2 Å². The molecule has 1 fully saturated rings. The molecule has 9 heteroatoms. The lowest BCUT2D eigenvalue weighted by Crippen LogP contribution is -2.51. The molecule has 0 bridgehead atoms. The molecule has 0 amide bonds. The Morgan fingerprint density at radius 1 is 1.37 bits per heavy atom. The first kappa shape index (κ1) is 20.8. The summed E-state index contributed by atoms with van der Waals surface area (Å²) in [5.74, 6) is -2.07. The van der Waals surface area contributed by atoms with E-state index in [1.165, 1.54) is 6.20 Å². The minimum Gasteiger partial charge on any atom is -0.545 e. The van der Waals surface area contributed by atoms with E-state index in [1.54, 1.807) is 10.6 Å². The van der Waals surface area contributed by atoms with Crippen LogP contribution in [0.1, 0.15) is 17.3 Å². The zero-order valence-electron chi connectivity index (χ0n) is 15.3. The lowest BCUT2D eigenvalue weighted by atomic mass is 10.1. The second-order valence-electron chi connectivity index (χ2n) is 6.08. The van der Waals surface area contributed by atoms with Crippen molar-refractivity contribution in [2.45, 2.75) is 13.5 Å². The summed E-state index contributed by atoms with van der Waals surface area (Å²) in [6.07, 6.45) is 1.26. The monoisotopic (exact) mass is 380 g/mol. The van der Waals surface area contributed by atoms with Gasteiger partial charge in [0.15, 0.2) is 5.43 Å². The first-order valence-corrected chi connectivity index (χ1v) is 8.88. The van der Waals surface area contributed by atoms with Gasteiger partial charge in [0.2, 0.25) is 0 Å². The van der Waals surface area contributed by atoms with Crippen LogP contribution in [0.5, 0.6) is 0 Å². The molecule has 0 aliphatic carbocycles. The van der Waals surface area contributed by atoms with E-state index in [1.807, 2.05) is 11.8 Å². The Morgan fingerprint density at radius 3 is 2.52 bits per heavy atom. The quantitative estimate of drug-likeness (QED) is 0.572. The summed E-state index contributed by atoms with van der Waals surface area (Å²) in [5, 5.41) is 22.2. The number of carboxylic acid groups (broad SMARTS) is 1. The normalized spacial score (nSPS) is 14.0. The molecule has 2 heterocycles. The number of rotatable bonds is 4. The lowest BCUT2D eigenvalue weighted by Gasteiger charge is -2.30. The van der Waals surface area contributed by atoms with Crippen LogP contribution < -0.4 is 26.5 Å². The van der Waals surface area contributed by atoms with Crippen molar-refractivity contribution in [1.82, 2.24) is 9.88 Å². The summed E-state index contributed by atoms with van der Waals surface area (Å²) in [4.78, 5) is 25.3. The summed E-state index contributed by atoms with van der Waals surface area (Å²) >= 11 is 0. The number of nitrogens with one attached hydrogen (secondary N) is 1. The van der Waals surface area contributed by atoms with Crippen molar-refractivity contribution in [2.24, 2.45) is 0 Å². The number of hydrogen-bond donors (Lipinski definition) is 3. The van der Waals surface area contributed by atoms with Crippen LogP contribution in [-0.4, -0.2) is 55.0 Å². The standard InChI is InChI=1S/C16H18FN3O3.C2H7NO/c1-2-19-9-11(16(22)23)15(21)10-7-12(17)14(8-13(10)19)20-5-3-18-4-6-20;3-1-2-4/h7-9,18H,2-6H2,1H3,(H,22,23);4H,1-3H2. The fraction of sp³-hybridized carbons (Fsp3) is 0.444. The molecule has 5 N–H and O–H groups in total. The molecule has 0 unspecified atom stereocenters. The number of aliphatic hydroxyl groups excluding tert-OH is 1. The Hall–Kier alpha value is -2.49. The topological polar surface area (TPSA) is 125 Å². The van der Waals surface area contributed by atoms with Gasteiger partial charge in [0, 0.05) is 44.3 Å². The summed E-state index contributed by atoms with van der Waals surface area (Å²) in [6, 6.07) is 2.76. The molecule has 0 spiro atoms. The molecule has 1 aromatic carbocycles. The smallest absolute Gasteiger partial charge is 0.198 e. The molecular weight excluding hydrogens is 355 g/mol. The number of aryl methyl sites for hydroxylation is 1. The van der Waals surface area contributed by atoms with Gasteiger partial charge in [0.05, 0.1) is 35.9 Å². The van der Waals surface area contributed by atoms with E-state index in [0.29, 0.717) is 37.4 Å². The Labute approximate surface area is 156 Å². The van der Waals surface area contributed by atoms with E-state index >= 15 is 0 Å². The van der Waals surface area contributed by atoms with Crippen LogP contribution >= 0.6 is 0 Å². The van der Waals surface area contributed by atoms with Crippen LogP contribution in [0.25, 0.3) is 10.9 Å². The Morgan fingerprint density at radius 2 is 2.00 bits per heavy atom. The summed E-state index contributed by atoms with van der Waals surface area (Å²) < 4.78 is 16.1. The van der Waals surface area contributed by atoms with E-state index in [-0.39, 0.29) is 12.0 Å². The van der Waals surface area contributed by atoms with E-state index in [4.69, 9.17) is 5.11 Å². The molecule has 0 saturated carbocycles. The number of carbonyl (C=O) groups excluding carboxylic acids is 1. The minimum absolute atomic E-state index is 0.0601. The zero-order chi connectivity index (χ0) is 20.0. The minimum atomic E-state index is -1.55. The maximum absolute atomic E-state index is 14.5. The number of halogens is 1. The highest BCUT2D eigenvalue weighted by Crippen LogP contribution is 2.25. The molecule has 3 rings (SSSR count). The van der Waals surface area contributed by atoms with Gasteiger partial charge in [-0.2, -0.15) is 0 Å².